The Morgan fingerprint density at radius 3 is 1.33 bits per heavy atom. The van der Waals surface area contributed by atoms with Crippen molar-refractivity contribution in [2.24, 2.45) is 0 Å². The molecule has 0 N–H and O–H groups in total. The van der Waals surface area contributed by atoms with Gasteiger partial charge in [0.1, 0.15) is 0 Å². The lowest BCUT2D eigenvalue weighted by Crippen LogP contribution is -2.61. The molecule has 0 radical (unpaired) electrons. The molecule has 0 aliphatic carbocycles. The molecular formula is C67H69BN2. The molecule has 0 saturated heterocycles. The third-order valence-electron chi connectivity index (χ3n) is 17.3. The Labute approximate surface area is 418 Å². The van der Waals surface area contributed by atoms with E-state index in [0.29, 0.717) is 0 Å². The van der Waals surface area contributed by atoms with Crippen LogP contribution in [0.15, 0.2) is 164 Å². The van der Waals surface area contributed by atoms with Crippen molar-refractivity contribution in [2.45, 2.75) is 124 Å². The van der Waals surface area contributed by atoms with E-state index in [1.165, 1.54) is 116 Å². The number of anilines is 6. The van der Waals surface area contributed by atoms with Crippen LogP contribution in [0, 0.1) is 0 Å². The Hall–Kier alpha value is -6.58. The molecule has 0 aromatic heterocycles. The van der Waals surface area contributed by atoms with Gasteiger partial charge in [0.2, 0.25) is 0 Å². The van der Waals surface area contributed by atoms with Gasteiger partial charge in [0, 0.05) is 34.0 Å². The summed E-state index contributed by atoms with van der Waals surface area (Å²) >= 11 is 0. The average Bonchev–Trinajstić information content (AvgIpc) is 3.37. The SMILES string of the molecule is CCC(C)(C)c1ccc(N2c3ccc(C(C)(C)CC)cc3B3c4cc(C(C)(C)CC)ccc4N(c4ccc(C(C)(C)C)cc4-c4ccc5c6ccccc6c6ccccc6c5c4)c4cccc2c43)cc1. The largest absolute Gasteiger partial charge is 0.311 e. The fourth-order valence-corrected chi connectivity index (χ4v) is 11.5. The summed E-state index contributed by atoms with van der Waals surface area (Å²) in [6.07, 6.45) is 3.20. The highest BCUT2D eigenvalue weighted by Gasteiger charge is 2.45. The first kappa shape index (κ1) is 45.8. The molecule has 70 heavy (non-hydrogen) atoms. The summed E-state index contributed by atoms with van der Waals surface area (Å²) in [5.74, 6) is 0. The monoisotopic (exact) mass is 913 g/mol. The number of hydrogen-bond donors (Lipinski definition) is 0. The first-order valence-corrected chi connectivity index (χ1v) is 26.1. The Balaban J connectivity index is 1.22. The highest BCUT2D eigenvalue weighted by molar-refractivity contribution is 7.00. The van der Waals surface area contributed by atoms with Gasteiger partial charge in [-0.3, -0.25) is 0 Å². The molecule has 0 unspecified atom stereocenters. The lowest BCUT2D eigenvalue weighted by atomic mass is 9.33. The van der Waals surface area contributed by atoms with Crippen LogP contribution >= 0.6 is 0 Å². The van der Waals surface area contributed by atoms with E-state index in [9.17, 15) is 0 Å². The first-order valence-electron chi connectivity index (χ1n) is 26.1. The molecule has 2 aliphatic rings. The maximum atomic E-state index is 2.63. The molecule has 0 amide bonds. The summed E-state index contributed by atoms with van der Waals surface area (Å²) in [7, 11) is 0. The molecule has 0 saturated carbocycles. The summed E-state index contributed by atoms with van der Waals surface area (Å²) < 4.78 is 0. The van der Waals surface area contributed by atoms with Crippen molar-refractivity contribution < 1.29 is 0 Å². The quantitative estimate of drug-likeness (QED) is 0.105. The highest BCUT2D eigenvalue weighted by Crippen LogP contribution is 2.49. The topological polar surface area (TPSA) is 6.48 Å². The second-order valence-corrected chi connectivity index (χ2v) is 23.5. The highest BCUT2D eigenvalue weighted by atomic mass is 15.2. The molecule has 11 rings (SSSR count). The van der Waals surface area contributed by atoms with E-state index in [1.54, 1.807) is 0 Å². The summed E-state index contributed by atoms with van der Waals surface area (Å²) in [6.45, 7) is 28.3. The molecule has 0 spiro atoms. The first-order chi connectivity index (χ1) is 33.5. The van der Waals surface area contributed by atoms with Gasteiger partial charge in [0.25, 0.3) is 6.71 Å². The summed E-state index contributed by atoms with van der Waals surface area (Å²) in [4.78, 5) is 5.20. The summed E-state index contributed by atoms with van der Waals surface area (Å²) in [5, 5.41) is 7.75. The zero-order valence-electron chi connectivity index (χ0n) is 43.7. The lowest BCUT2D eigenvalue weighted by Gasteiger charge is -2.45. The zero-order valence-corrected chi connectivity index (χ0v) is 43.7. The van der Waals surface area contributed by atoms with Crippen LogP contribution in [0.3, 0.4) is 0 Å². The molecule has 9 aromatic carbocycles. The van der Waals surface area contributed by atoms with Gasteiger partial charge in [0.05, 0.1) is 5.69 Å². The van der Waals surface area contributed by atoms with Gasteiger partial charge in [-0.25, -0.2) is 0 Å². The molecule has 0 bridgehead atoms. The lowest BCUT2D eigenvalue weighted by molar-refractivity contribution is 0.506. The maximum absolute atomic E-state index is 2.63. The predicted molar refractivity (Wildman–Crippen MR) is 307 cm³/mol. The molecule has 0 fully saturated rings. The summed E-state index contributed by atoms with van der Waals surface area (Å²) in [6, 6.07) is 63.9. The van der Waals surface area contributed by atoms with Crippen molar-refractivity contribution in [2.75, 3.05) is 9.80 Å². The Bertz CT molecular complexity index is 3490. The average molecular weight is 913 g/mol. The minimum Gasteiger partial charge on any atom is -0.311 e. The molecule has 2 aliphatic heterocycles. The molecule has 3 heteroatoms. The van der Waals surface area contributed by atoms with Gasteiger partial charge < -0.3 is 9.80 Å². The van der Waals surface area contributed by atoms with E-state index in [1.807, 2.05) is 0 Å². The second-order valence-electron chi connectivity index (χ2n) is 23.5. The van der Waals surface area contributed by atoms with Crippen molar-refractivity contribution in [1.29, 1.82) is 0 Å². The van der Waals surface area contributed by atoms with E-state index in [4.69, 9.17) is 0 Å². The van der Waals surface area contributed by atoms with Crippen molar-refractivity contribution in [3.8, 4) is 11.1 Å². The molecule has 2 heterocycles. The Morgan fingerprint density at radius 1 is 0.357 bits per heavy atom. The third kappa shape index (κ3) is 7.21. The van der Waals surface area contributed by atoms with Crippen molar-refractivity contribution in [1.82, 2.24) is 0 Å². The van der Waals surface area contributed by atoms with E-state index in [2.05, 4.69) is 257 Å². The van der Waals surface area contributed by atoms with Gasteiger partial charge in [-0.05, 0) is 172 Å². The van der Waals surface area contributed by atoms with E-state index in [0.717, 1.165) is 19.3 Å². The minimum atomic E-state index is -0.0550. The Kier molecular flexibility index (Phi) is 10.8. The van der Waals surface area contributed by atoms with E-state index < -0.39 is 0 Å². The van der Waals surface area contributed by atoms with Gasteiger partial charge in [-0.15, -0.1) is 0 Å². The predicted octanol–water partition coefficient (Wildman–Crippen LogP) is 17.3. The molecule has 350 valence electrons. The fraction of sp³-hybridized carbons (Fsp3) is 0.284. The van der Waals surface area contributed by atoms with Crippen LogP contribution in [0.2, 0.25) is 0 Å². The normalized spacial score (nSPS) is 13.8. The van der Waals surface area contributed by atoms with Gasteiger partial charge in [0.15, 0.2) is 0 Å². The number of rotatable bonds is 9. The van der Waals surface area contributed by atoms with Crippen molar-refractivity contribution >= 4 is 89.5 Å². The van der Waals surface area contributed by atoms with Crippen LogP contribution in [0.1, 0.15) is 125 Å². The van der Waals surface area contributed by atoms with Gasteiger partial charge >= 0.3 is 0 Å². The van der Waals surface area contributed by atoms with Crippen LogP contribution in [0.5, 0.6) is 0 Å². The van der Waals surface area contributed by atoms with E-state index in [-0.39, 0.29) is 28.4 Å². The number of benzene rings is 9. The Morgan fingerprint density at radius 2 is 0.800 bits per heavy atom. The van der Waals surface area contributed by atoms with Crippen molar-refractivity contribution in [3.05, 3.63) is 186 Å². The van der Waals surface area contributed by atoms with Crippen LogP contribution in [-0.4, -0.2) is 6.71 Å². The smallest absolute Gasteiger partial charge is 0.252 e. The molecular weight excluding hydrogens is 844 g/mol. The molecule has 9 aromatic rings. The van der Waals surface area contributed by atoms with Crippen LogP contribution < -0.4 is 26.2 Å². The van der Waals surface area contributed by atoms with Crippen LogP contribution in [0.25, 0.3) is 43.4 Å². The fourth-order valence-electron chi connectivity index (χ4n) is 11.5. The second kappa shape index (κ2) is 16.5. The van der Waals surface area contributed by atoms with Crippen LogP contribution in [-0.2, 0) is 21.7 Å². The van der Waals surface area contributed by atoms with E-state index >= 15 is 0 Å². The maximum Gasteiger partial charge on any atom is 0.252 e. The number of fused-ring (bicyclic) bond motifs is 10. The number of hydrogen-bond acceptors (Lipinski definition) is 2. The summed E-state index contributed by atoms with van der Waals surface area (Å²) in [5.41, 5.74) is 19.5. The standard InChI is InChI=1S/C67H69BN2/c1-13-65(7,8)44-28-33-48(34-29-44)69-59-37-31-46(66(9,10)14-2)41-56(59)68-57-42-47(67(11,12)15-3)32-38-60(57)70(62-26-20-25-61(69)63(62)68)58-36-30-45(64(4,5)6)40-54(58)43-27-35-53-51-23-17-16-21-49(51)50-22-18-19-24-52(50)55(53)39-43/h16-42H,13-15H2,1-12H3. The number of nitrogens with zero attached hydrogens (tertiary/aromatic N) is 2. The third-order valence-corrected chi connectivity index (χ3v) is 17.3. The van der Waals surface area contributed by atoms with Gasteiger partial charge in [-0.2, -0.15) is 0 Å². The van der Waals surface area contributed by atoms with Gasteiger partial charge in [-0.1, -0.05) is 192 Å². The zero-order chi connectivity index (χ0) is 49.1. The van der Waals surface area contributed by atoms with Crippen molar-refractivity contribution in [3.63, 3.8) is 0 Å². The van der Waals surface area contributed by atoms with Crippen LogP contribution in [0.4, 0.5) is 34.1 Å². The minimum absolute atomic E-state index is 0.000801. The molecule has 2 nitrogen and oxygen atoms in total. The molecule has 0 atom stereocenters.